The fraction of sp³-hybridized carbons (Fsp3) is 0.500. The van der Waals surface area contributed by atoms with Crippen LogP contribution in [0.3, 0.4) is 0 Å². The topological polar surface area (TPSA) is 52.1 Å². The van der Waals surface area contributed by atoms with Gasteiger partial charge < -0.3 is 4.74 Å². The van der Waals surface area contributed by atoms with Crippen molar-refractivity contribution in [3.8, 4) is 5.88 Å². The van der Waals surface area contributed by atoms with Crippen molar-refractivity contribution in [2.24, 2.45) is 5.92 Å². The third-order valence-electron chi connectivity index (χ3n) is 1.74. The lowest BCUT2D eigenvalue weighted by Crippen LogP contribution is -2.04. The van der Waals surface area contributed by atoms with Gasteiger partial charge in [-0.2, -0.15) is 4.98 Å². The number of methoxy groups -OCH3 is 1. The third-order valence-corrected chi connectivity index (χ3v) is 1.74. The second-order valence-electron chi connectivity index (χ2n) is 3.47. The third kappa shape index (κ3) is 2.52. The minimum atomic E-state index is 0.352. The van der Waals surface area contributed by atoms with Crippen molar-refractivity contribution in [2.45, 2.75) is 20.3 Å². The van der Waals surface area contributed by atoms with Crippen LogP contribution in [0.5, 0.6) is 5.88 Å². The smallest absolute Gasteiger partial charge is 0.227 e. The molecular formula is C10H14N2O2. The Morgan fingerprint density at radius 2 is 2.29 bits per heavy atom. The van der Waals surface area contributed by atoms with E-state index in [1.807, 2.05) is 0 Å². The van der Waals surface area contributed by atoms with E-state index in [1.165, 1.54) is 13.3 Å². The van der Waals surface area contributed by atoms with E-state index in [0.717, 1.165) is 6.42 Å². The normalized spacial score (nSPS) is 10.3. The molecule has 0 saturated carbocycles. The summed E-state index contributed by atoms with van der Waals surface area (Å²) in [6.07, 6.45) is 2.98. The van der Waals surface area contributed by atoms with Gasteiger partial charge in [-0.15, -0.1) is 0 Å². The number of carbonyl (C=O) groups is 1. The van der Waals surface area contributed by atoms with Crippen LogP contribution in [0.4, 0.5) is 0 Å². The molecule has 0 aromatic carbocycles. The molecule has 0 atom stereocenters. The van der Waals surface area contributed by atoms with Gasteiger partial charge in [0.2, 0.25) is 5.88 Å². The van der Waals surface area contributed by atoms with Gasteiger partial charge in [0, 0.05) is 12.6 Å². The number of rotatable bonds is 4. The SMILES string of the molecule is COc1nc(CC(C)C)ncc1C=O. The summed E-state index contributed by atoms with van der Waals surface area (Å²) in [6.45, 7) is 4.17. The van der Waals surface area contributed by atoms with Gasteiger partial charge in [0.05, 0.1) is 12.7 Å². The Kier molecular flexibility index (Phi) is 3.56. The number of ether oxygens (including phenoxy) is 1. The van der Waals surface area contributed by atoms with E-state index in [9.17, 15) is 4.79 Å². The predicted octanol–water partition coefficient (Wildman–Crippen LogP) is 1.50. The Morgan fingerprint density at radius 3 is 2.79 bits per heavy atom. The second-order valence-corrected chi connectivity index (χ2v) is 3.47. The van der Waals surface area contributed by atoms with Crippen molar-refractivity contribution in [3.05, 3.63) is 17.6 Å². The van der Waals surface area contributed by atoms with Crippen molar-refractivity contribution in [3.63, 3.8) is 0 Å². The molecule has 1 aromatic heterocycles. The van der Waals surface area contributed by atoms with Crippen LogP contribution in [-0.2, 0) is 6.42 Å². The highest BCUT2D eigenvalue weighted by Gasteiger charge is 2.07. The van der Waals surface area contributed by atoms with Gasteiger partial charge in [0.25, 0.3) is 0 Å². The highest BCUT2D eigenvalue weighted by Crippen LogP contribution is 2.13. The van der Waals surface area contributed by atoms with Crippen molar-refractivity contribution >= 4 is 6.29 Å². The predicted molar refractivity (Wildman–Crippen MR) is 52.5 cm³/mol. The maximum atomic E-state index is 10.6. The zero-order valence-electron chi connectivity index (χ0n) is 8.65. The molecule has 76 valence electrons. The summed E-state index contributed by atoms with van der Waals surface area (Å²) >= 11 is 0. The summed E-state index contributed by atoms with van der Waals surface area (Å²) in [7, 11) is 1.49. The van der Waals surface area contributed by atoms with Crippen molar-refractivity contribution in [1.82, 2.24) is 9.97 Å². The molecule has 0 fully saturated rings. The van der Waals surface area contributed by atoms with Crippen LogP contribution < -0.4 is 4.74 Å². The number of nitrogens with zero attached hydrogens (tertiary/aromatic N) is 2. The summed E-state index contributed by atoms with van der Waals surface area (Å²) in [5, 5.41) is 0. The lowest BCUT2D eigenvalue weighted by molar-refractivity contribution is 0.111. The number of carbonyl (C=O) groups excluding carboxylic acids is 1. The molecular weight excluding hydrogens is 180 g/mol. The number of hydrogen-bond donors (Lipinski definition) is 0. The van der Waals surface area contributed by atoms with Gasteiger partial charge in [-0.1, -0.05) is 13.8 Å². The van der Waals surface area contributed by atoms with Gasteiger partial charge >= 0.3 is 0 Å². The van der Waals surface area contributed by atoms with Crippen molar-refractivity contribution < 1.29 is 9.53 Å². The Hall–Kier alpha value is -1.45. The van der Waals surface area contributed by atoms with E-state index < -0.39 is 0 Å². The Labute approximate surface area is 83.3 Å². The average molecular weight is 194 g/mol. The first kappa shape index (κ1) is 10.6. The Morgan fingerprint density at radius 1 is 1.57 bits per heavy atom. The monoisotopic (exact) mass is 194 g/mol. The maximum Gasteiger partial charge on any atom is 0.227 e. The van der Waals surface area contributed by atoms with E-state index in [4.69, 9.17) is 4.74 Å². The van der Waals surface area contributed by atoms with Crippen LogP contribution in [0, 0.1) is 5.92 Å². The molecule has 4 heteroatoms. The zero-order valence-corrected chi connectivity index (χ0v) is 8.65. The van der Waals surface area contributed by atoms with Crippen molar-refractivity contribution in [2.75, 3.05) is 7.11 Å². The minimum absolute atomic E-state index is 0.352. The molecule has 14 heavy (non-hydrogen) atoms. The van der Waals surface area contributed by atoms with Gasteiger partial charge in [-0.05, 0) is 5.92 Å². The van der Waals surface area contributed by atoms with Crippen LogP contribution in [0.25, 0.3) is 0 Å². The standard InChI is InChI=1S/C10H14N2O2/c1-7(2)4-9-11-5-8(6-13)10(12-9)14-3/h5-7H,4H2,1-3H3. The number of aldehydes is 1. The first-order chi connectivity index (χ1) is 6.67. The quantitative estimate of drug-likeness (QED) is 0.681. The molecule has 1 rings (SSSR count). The lowest BCUT2D eigenvalue weighted by Gasteiger charge is -2.06. The largest absolute Gasteiger partial charge is 0.480 e. The van der Waals surface area contributed by atoms with Crippen molar-refractivity contribution in [1.29, 1.82) is 0 Å². The highest BCUT2D eigenvalue weighted by atomic mass is 16.5. The second kappa shape index (κ2) is 4.69. The first-order valence-electron chi connectivity index (χ1n) is 4.52. The van der Waals surface area contributed by atoms with Crippen LogP contribution in [0.2, 0.25) is 0 Å². The summed E-state index contributed by atoms with van der Waals surface area (Å²) < 4.78 is 4.98. The lowest BCUT2D eigenvalue weighted by atomic mass is 10.1. The molecule has 0 aliphatic heterocycles. The summed E-state index contributed by atoms with van der Waals surface area (Å²) in [5.41, 5.74) is 0.389. The molecule has 0 amide bonds. The number of aromatic nitrogens is 2. The molecule has 0 unspecified atom stereocenters. The molecule has 1 heterocycles. The zero-order chi connectivity index (χ0) is 10.6. The van der Waals surface area contributed by atoms with Crippen LogP contribution in [0.15, 0.2) is 6.20 Å². The molecule has 4 nitrogen and oxygen atoms in total. The van der Waals surface area contributed by atoms with E-state index in [-0.39, 0.29) is 0 Å². The molecule has 1 aromatic rings. The maximum absolute atomic E-state index is 10.6. The van der Waals surface area contributed by atoms with Gasteiger partial charge in [-0.25, -0.2) is 4.98 Å². The molecule has 0 saturated heterocycles. The van der Waals surface area contributed by atoms with E-state index in [2.05, 4.69) is 23.8 Å². The van der Waals surface area contributed by atoms with E-state index in [0.29, 0.717) is 29.5 Å². The number of hydrogen-bond acceptors (Lipinski definition) is 4. The van der Waals surface area contributed by atoms with E-state index >= 15 is 0 Å². The summed E-state index contributed by atoms with van der Waals surface area (Å²) in [5.74, 6) is 1.55. The minimum Gasteiger partial charge on any atom is -0.480 e. The molecule has 0 radical (unpaired) electrons. The summed E-state index contributed by atoms with van der Waals surface area (Å²) in [6, 6.07) is 0. The molecule has 0 spiro atoms. The summed E-state index contributed by atoms with van der Waals surface area (Å²) in [4.78, 5) is 18.8. The van der Waals surface area contributed by atoms with Crippen LogP contribution >= 0.6 is 0 Å². The van der Waals surface area contributed by atoms with Gasteiger partial charge in [0.1, 0.15) is 5.82 Å². The van der Waals surface area contributed by atoms with E-state index in [1.54, 1.807) is 0 Å². The van der Waals surface area contributed by atoms with Gasteiger partial charge in [0.15, 0.2) is 6.29 Å². The first-order valence-corrected chi connectivity index (χ1v) is 4.52. The molecule has 0 N–H and O–H groups in total. The highest BCUT2D eigenvalue weighted by molar-refractivity contribution is 5.77. The van der Waals surface area contributed by atoms with Crippen LogP contribution in [-0.4, -0.2) is 23.4 Å². The van der Waals surface area contributed by atoms with Crippen LogP contribution in [0.1, 0.15) is 30.0 Å². The molecule has 0 aliphatic carbocycles. The Bertz CT molecular complexity index is 324. The molecule has 0 aliphatic rings. The Balaban J connectivity index is 2.95. The fourth-order valence-corrected chi connectivity index (χ4v) is 1.12. The molecule has 0 bridgehead atoms. The average Bonchev–Trinajstić information content (AvgIpc) is 2.16. The van der Waals surface area contributed by atoms with Gasteiger partial charge in [-0.3, -0.25) is 4.79 Å². The fourth-order valence-electron chi connectivity index (χ4n) is 1.12.